The van der Waals surface area contributed by atoms with Gasteiger partial charge in [0.25, 0.3) is 0 Å². The predicted octanol–water partition coefficient (Wildman–Crippen LogP) is 5.51. The van der Waals surface area contributed by atoms with E-state index in [1.54, 1.807) is 0 Å². The van der Waals surface area contributed by atoms with Crippen molar-refractivity contribution in [1.82, 2.24) is 4.98 Å². The van der Waals surface area contributed by atoms with E-state index in [2.05, 4.69) is 11.1 Å². The lowest BCUT2D eigenvalue weighted by Crippen LogP contribution is -2.06. The summed E-state index contributed by atoms with van der Waals surface area (Å²) in [5.41, 5.74) is -0.145. The molecule has 1 radical (unpaired) electrons. The average molecular weight is 325 g/mol. The molecule has 0 bridgehead atoms. The standard InChI is InChI=1S/C16H7ClF4N/c17-13-8-9(4-5-14(13)18)10-6-7-22-15-11(10)2-1-3-12(15)16(19,20)21/h1-5,7-8H. The Bertz CT molecular complexity index is 858. The lowest BCUT2D eigenvalue weighted by atomic mass is 9.99. The Hall–Kier alpha value is -2.14. The maximum absolute atomic E-state index is 13.2. The lowest BCUT2D eigenvalue weighted by Gasteiger charge is -2.12. The van der Waals surface area contributed by atoms with E-state index in [1.807, 2.05) is 0 Å². The maximum Gasteiger partial charge on any atom is 0.418 e. The summed E-state index contributed by atoms with van der Waals surface area (Å²) in [6.07, 6.45) is -3.34. The highest BCUT2D eigenvalue weighted by Crippen LogP contribution is 2.37. The first-order valence-electron chi connectivity index (χ1n) is 6.20. The number of alkyl halides is 3. The highest BCUT2D eigenvalue weighted by atomic mass is 35.5. The van der Waals surface area contributed by atoms with Crippen LogP contribution in [0, 0.1) is 11.9 Å². The Morgan fingerprint density at radius 1 is 1.09 bits per heavy atom. The molecule has 0 N–H and O–H groups in total. The van der Waals surface area contributed by atoms with E-state index in [1.165, 1.54) is 30.5 Å². The zero-order valence-electron chi connectivity index (χ0n) is 10.9. The molecule has 3 aromatic rings. The topological polar surface area (TPSA) is 12.9 Å². The normalized spacial score (nSPS) is 11.9. The van der Waals surface area contributed by atoms with E-state index >= 15 is 0 Å². The van der Waals surface area contributed by atoms with Gasteiger partial charge in [0.15, 0.2) is 0 Å². The van der Waals surface area contributed by atoms with Gasteiger partial charge in [0.1, 0.15) is 5.82 Å². The first-order valence-corrected chi connectivity index (χ1v) is 6.58. The minimum atomic E-state index is -4.51. The van der Waals surface area contributed by atoms with Gasteiger partial charge in [-0.15, -0.1) is 0 Å². The molecule has 0 aliphatic carbocycles. The zero-order valence-corrected chi connectivity index (χ0v) is 11.6. The molecule has 1 nitrogen and oxygen atoms in total. The quantitative estimate of drug-likeness (QED) is 0.538. The van der Waals surface area contributed by atoms with Gasteiger partial charge in [-0.3, -0.25) is 4.98 Å². The van der Waals surface area contributed by atoms with Crippen LogP contribution in [0.25, 0.3) is 22.0 Å². The summed E-state index contributed by atoms with van der Waals surface area (Å²) in [4.78, 5) is 3.79. The Morgan fingerprint density at radius 2 is 1.86 bits per heavy atom. The summed E-state index contributed by atoms with van der Waals surface area (Å²) in [6.45, 7) is 0. The molecule has 0 saturated carbocycles. The van der Waals surface area contributed by atoms with Gasteiger partial charge in [0.2, 0.25) is 0 Å². The third-order valence-corrected chi connectivity index (χ3v) is 3.51. The average Bonchev–Trinajstić information content (AvgIpc) is 2.48. The number of para-hydroxylation sites is 1. The largest absolute Gasteiger partial charge is 0.418 e. The van der Waals surface area contributed by atoms with Gasteiger partial charge in [-0.05, 0) is 23.8 Å². The SMILES string of the molecule is Fc1ccc(-c2[c]cnc3c(C(F)(F)F)cccc23)cc1Cl. The maximum atomic E-state index is 13.2. The van der Waals surface area contributed by atoms with Gasteiger partial charge in [-0.2, -0.15) is 13.2 Å². The molecule has 0 spiro atoms. The molecule has 22 heavy (non-hydrogen) atoms. The van der Waals surface area contributed by atoms with Crippen LogP contribution in [-0.4, -0.2) is 4.98 Å². The first-order chi connectivity index (χ1) is 10.4. The van der Waals surface area contributed by atoms with E-state index in [4.69, 9.17) is 11.6 Å². The molecular formula is C16H7ClF4N. The van der Waals surface area contributed by atoms with Crippen molar-refractivity contribution in [2.24, 2.45) is 0 Å². The fraction of sp³-hybridized carbons (Fsp3) is 0.0625. The number of fused-ring (bicyclic) bond motifs is 1. The van der Waals surface area contributed by atoms with Gasteiger partial charge in [0.05, 0.1) is 16.1 Å². The first kappa shape index (κ1) is 14.8. The molecule has 6 heteroatoms. The molecule has 0 saturated heterocycles. The predicted molar refractivity (Wildman–Crippen MR) is 76.0 cm³/mol. The van der Waals surface area contributed by atoms with E-state index < -0.39 is 17.6 Å². The molecule has 1 heterocycles. The van der Waals surface area contributed by atoms with E-state index in [9.17, 15) is 17.6 Å². The van der Waals surface area contributed by atoms with Gasteiger partial charge in [-0.1, -0.05) is 29.8 Å². The zero-order chi connectivity index (χ0) is 15.9. The van der Waals surface area contributed by atoms with E-state index in [0.29, 0.717) is 11.1 Å². The highest BCUT2D eigenvalue weighted by Gasteiger charge is 2.33. The van der Waals surface area contributed by atoms with Gasteiger partial charge < -0.3 is 0 Å². The Balaban J connectivity index is 2.30. The van der Waals surface area contributed by atoms with Crippen molar-refractivity contribution >= 4 is 22.5 Å². The molecule has 2 aromatic carbocycles. The smallest absolute Gasteiger partial charge is 0.255 e. The van der Waals surface area contributed by atoms with Crippen LogP contribution in [0.2, 0.25) is 5.02 Å². The van der Waals surface area contributed by atoms with Crippen molar-refractivity contribution in [2.75, 3.05) is 0 Å². The Morgan fingerprint density at radius 3 is 2.55 bits per heavy atom. The van der Waals surface area contributed by atoms with E-state index in [-0.39, 0.29) is 15.9 Å². The molecule has 0 atom stereocenters. The molecule has 0 fully saturated rings. The molecule has 0 aliphatic heterocycles. The van der Waals surface area contributed by atoms with E-state index in [0.717, 1.165) is 12.1 Å². The molecule has 1 aromatic heterocycles. The number of pyridine rings is 1. The molecule has 0 amide bonds. The number of benzene rings is 2. The molecule has 0 aliphatic rings. The molecule has 3 rings (SSSR count). The van der Waals surface area contributed by atoms with Crippen molar-refractivity contribution in [3.63, 3.8) is 0 Å². The van der Waals surface area contributed by atoms with Crippen LogP contribution in [0.1, 0.15) is 5.56 Å². The third kappa shape index (κ3) is 2.52. The number of halogens is 5. The van der Waals surface area contributed by atoms with Crippen LogP contribution in [-0.2, 0) is 6.18 Å². The second kappa shape index (κ2) is 5.25. The summed E-state index contributed by atoms with van der Waals surface area (Å²) in [7, 11) is 0. The number of hydrogen-bond donors (Lipinski definition) is 0. The van der Waals surface area contributed by atoms with Crippen LogP contribution < -0.4 is 0 Å². The van der Waals surface area contributed by atoms with Gasteiger partial charge in [-0.25, -0.2) is 4.39 Å². The molecule has 0 unspecified atom stereocenters. The van der Waals surface area contributed by atoms with Gasteiger partial charge in [0, 0.05) is 23.2 Å². The summed E-state index contributed by atoms with van der Waals surface area (Å²) >= 11 is 5.73. The number of hydrogen-bond acceptors (Lipinski definition) is 1. The minimum absolute atomic E-state index is 0.108. The summed E-state index contributed by atoms with van der Waals surface area (Å²) in [5.74, 6) is -0.597. The minimum Gasteiger partial charge on any atom is -0.255 e. The molecule has 111 valence electrons. The summed E-state index contributed by atoms with van der Waals surface area (Å²) < 4.78 is 52.4. The lowest BCUT2D eigenvalue weighted by molar-refractivity contribution is -0.136. The van der Waals surface area contributed by atoms with Crippen molar-refractivity contribution in [2.45, 2.75) is 6.18 Å². The Labute approximate surface area is 128 Å². The van der Waals surface area contributed by atoms with Crippen molar-refractivity contribution in [3.05, 3.63) is 65.1 Å². The monoisotopic (exact) mass is 324 g/mol. The number of aromatic nitrogens is 1. The van der Waals surface area contributed by atoms with Crippen LogP contribution >= 0.6 is 11.6 Å². The van der Waals surface area contributed by atoms with Crippen LogP contribution in [0.5, 0.6) is 0 Å². The fourth-order valence-electron chi connectivity index (χ4n) is 2.24. The second-order valence-corrected chi connectivity index (χ2v) is 5.01. The van der Waals surface area contributed by atoms with Crippen molar-refractivity contribution in [3.8, 4) is 11.1 Å². The summed E-state index contributed by atoms with van der Waals surface area (Å²) in [5, 5.41) is 0.169. The third-order valence-electron chi connectivity index (χ3n) is 3.22. The Kier molecular flexibility index (Phi) is 3.53. The van der Waals surface area contributed by atoms with Crippen molar-refractivity contribution < 1.29 is 17.6 Å². The van der Waals surface area contributed by atoms with Crippen molar-refractivity contribution in [1.29, 1.82) is 0 Å². The van der Waals surface area contributed by atoms with Gasteiger partial charge >= 0.3 is 6.18 Å². The summed E-state index contributed by atoms with van der Waals surface area (Å²) in [6, 6.07) is 10.5. The second-order valence-electron chi connectivity index (χ2n) is 4.61. The van der Waals surface area contributed by atoms with Crippen LogP contribution in [0.3, 0.4) is 0 Å². The fourth-order valence-corrected chi connectivity index (χ4v) is 2.42. The molecular weight excluding hydrogens is 318 g/mol. The van der Waals surface area contributed by atoms with Crippen LogP contribution in [0.4, 0.5) is 17.6 Å². The highest BCUT2D eigenvalue weighted by molar-refractivity contribution is 6.31. The number of rotatable bonds is 1. The van der Waals surface area contributed by atoms with Crippen LogP contribution in [0.15, 0.2) is 42.6 Å². The number of nitrogens with zero attached hydrogens (tertiary/aromatic N) is 1.